The van der Waals surface area contributed by atoms with E-state index in [1.807, 2.05) is 24.3 Å². The molecule has 7 N–H and O–H groups in total. The number of benzene rings is 1. The number of carbonyl (C=O) groups excluding carboxylic acids is 1. The summed E-state index contributed by atoms with van der Waals surface area (Å²) >= 11 is 0. The molecule has 0 radical (unpaired) electrons. The van der Waals surface area contributed by atoms with Gasteiger partial charge in [-0.2, -0.15) is 15.0 Å². The first-order chi connectivity index (χ1) is 19.2. The minimum Gasteiger partial charge on any atom is -0.396 e. The Bertz CT molecular complexity index is 1120. The number of hydrogen-bond acceptors (Lipinski definition) is 12. The molecule has 0 bridgehead atoms. The smallest absolute Gasteiger partial charge is 0.251 e. The van der Waals surface area contributed by atoms with E-state index in [-0.39, 0.29) is 12.5 Å². The van der Waals surface area contributed by atoms with Crippen LogP contribution in [0.4, 0.5) is 23.5 Å². The van der Waals surface area contributed by atoms with Crippen molar-refractivity contribution in [2.24, 2.45) is 5.73 Å². The highest BCUT2D eigenvalue weighted by Gasteiger charge is 2.10. The first kappa shape index (κ1) is 29.6. The maximum atomic E-state index is 12.6. The van der Waals surface area contributed by atoms with E-state index in [9.17, 15) is 4.79 Å². The normalized spacial score (nSPS) is 10.7. The van der Waals surface area contributed by atoms with Crippen molar-refractivity contribution in [3.63, 3.8) is 0 Å². The minimum absolute atomic E-state index is 0.0581. The third-order valence-corrected chi connectivity index (χ3v) is 5.19. The number of pyridine rings is 1. The summed E-state index contributed by atoms with van der Waals surface area (Å²) in [5, 5.41) is 21.4. The van der Waals surface area contributed by atoms with Crippen LogP contribution in [0, 0.1) is 0 Å². The predicted molar refractivity (Wildman–Crippen MR) is 149 cm³/mol. The van der Waals surface area contributed by atoms with Crippen LogP contribution in [-0.2, 0) is 15.9 Å². The van der Waals surface area contributed by atoms with E-state index < -0.39 is 0 Å². The van der Waals surface area contributed by atoms with Crippen LogP contribution in [0.5, 0.6) is 0 Å². The van der Waals surface area contributed by atoms with Gasteiger partial charge in [0.2, 0.25) is 17.8 Å². The molecule has 210 valence electrons. The largest absolute Gasteiger partial charge is 0.396 e. The minimum atomic E-state index is -0.222. The predicted octanol–water partition coefficient (Wildman–Crippen LogP) is 1.18. The first-order valence-corrected chi connectivity index (χ1v) is 12.9. The number of rotatable bonds is 19. The Morgan fingerprint density at radius 3 is 2.38 bits per heavy atom. The van der Waals surface area contributed by atoms with Gasteiger partial charge in [-0.25, -0.2) is 0 Å². The lowest BCUT2D eigenvalue weighted by Gasteiger charge is -2.12. The molecule has 0 spiro atoms. The van der Waals surface area contributed by atoms with E-state index in [0.717, 1.165) is 5.69 Å². The van der Waals surface area contributed by atoms with Gasteiger partial charge in [-0.15, -0.1) is 0 Å². The SMILES string of the molecule is NCCOCCOCCNC(=O)c1cccc(Nc2nc(NCCCO)nc(NCCc3ccccn3)n2)c1. The maximum Gasteiger partial charge on any atom is 0.251 e. The number of aliphatic hydroxyl groups excluding tert-OH is 1. The fraction of sp³-hybridized carbons (Fsp3) is 0.423. The Labute approximate surface area is 228 Å². The summed E-state index contributed by atoms with van der Waals surface area (Å²) < 4.78 is 10.7. The molecule has 0 saturated carbocycles. The van der Waals surface area contributed by atoms with Gasteiger partial charge in [0, 0.05) is 62.3 Å². The molecule has 3 rings (SSSR count). The van der Waals surface area contributed by atoms with Crippen LogP contribution in [0.15, 0.2) is 48.7 Å². The number of amides is 1. The number of ether oxygens (including phenoxy) is 2. The van der Waals surface area contributed by atoms with Gasteiger partial charge in [-0.3, -0.25) is 9.78 Å². The Morgan fingerprint density at radius 2 is 1.64 bits per heavy atom. The van der Waals surface area contributed by atoms with Crippen LogP contribution in [0.25, 0.3) is 0 Å². The van der Waals surface area contributed by atoms with E-state index >= 15 is 0 Å². The van der Waals surface area contributed by atoms with Crippen molar-refractivity contribution in [2.75, 3.05) is 75.2 Å². The summed E-state index contributed by atoms with van der Waals surface area (Å²) in [4.78, 5) is 30.2. The third kappa shape index (κ3) is 11.6. The van der Waals surface area contributed by atoms with Crippen molar-refractivity contribution in [2.45, 2.75) is 12.8 Å². The lowest BCUT2D eigenvalue weighted by atomic mass is 10.2. The molecule has 2 aromatic heterocycles. The zero-order valence-electron chi connectivity index (χ0n) is 21.9. The zero-order chi connectivity index (χ0) is 27.5. The van der Waals surface area contributed by atoms with Gasteiger partial charge in [0.15, 0.2) is 0 Å². The highest BCUT2D eigenvalue weighted by Crippen LogP contribution is 2.17. The van der Waals surface area contributed by atoms with E-state index in [2.05, 4.69) is 41.2 Å². The third-order valence-electron chi connectivity index (χ3n) is 5.19. The molecule has 13 heteroatoms. The number of aromatic nitrogens is 4. The second-order valence-electron chi connectivity index (χ2n) is 8.28. The van der Waals surface area contributed by atoms with Crippen LogP contribution >= 0.6 is 0 Å². The van der Waals surface area contributed by atoms with Crippen molar-refractivity contribution in [1.82, 2.24) is 25.3 Å². The molecule has 0 aliphatic rings. The summed E-state index contributed by atoms with van der Waals surface area (Å²) in [6, 6.07) is 12.8. The molecular formula is C26H37N9O4. The van der Waals surface area contributed by atoms with Crippen LogP contribution < -0.4 is 27.0 Å². The molecule has 0 aliphatic carbocycles. The van der Waals surface area contributed by atoms with Crippen LogP contribution in [0.2, 0.25) is 0 Å². The molecule has 39 heavy (non-hydrogen) atoms. The van der Waals surface area contributed by atoms with Crippen molar-refractivity contribution < 1.29 is 19.4 Å². The Hall–Kier alpha value is -3.91. The molecule has 0 fully saturated rings. The fourth-order valence-electron chi connectivity index (χ4n) is 3.33. The second kappa shape index (κ2) is 17.6. The summed E-state index contributed by atoms with van der Waals surface area (Å²) in [5.41, 5.74) is 7.44. The van der Waals surface area contributed by atoms with Gasteiger partial charge in [-0.1, -0.05) is 12.1 Å². The Balaban J connectivity index is 1.57. The number of carbonyl (C=O) groups is 1. The van der Waals surface area contributed by atoms with Crippen molar-refractivity contribution in [1.29, 1.82) is 0 Å². The van der Waals surface area contributed by atoms with Gasteiger partial charge in [0.05, 0.1) is 26.4 Å². The van der Waals surface area contributed by atoms with Crippen LogP contribution in [0.1, 0.15) is 22.5 Å². The molecule has 1 amide bonds. The van der Waals surface area contributed by atoms with Crippen molar-refractivity contribution >= 4 is 29.4 Å². The van der Waals surface area contributed by atoms with Gasteiger partial charge in [-0.05, 0) is 36.8 Å². The van der Waals surface area contributed by atoms with Crippen molar-refractivity contribution in [3.05, 3.63) is 59.9 Å². The van der Waals surface area contributed by atoms with Crippen LogP contribution in [0.3, 0.4) is 0 Å². The number of hydrogen-bond donors (Lipinski definition) is 6. The highest BCUT2D eigenvalue weighted by atomic mass is 16.5. The molecule has 0 atom stereocenters. The average molecular weight is 540 g/mol. The molecular weight excluding hydrogens is 502 g/mol. The molecule has 0 saturated heterocycles. The summed E-state index contributed by atoms with van der Waals surface area (Å²) in [5.74, 6) is 0.834. The Morgan fingerprint density at radius 1 is 0.872 bits per heavy atom. The standard InChI is InChI=1S/C26H37N9O4/c27-9-15-38-17-18-39-16-13-29-23(37)20-5-3-7-22(19-20)32-26-34-24(30-11-4-14-36)33-25(35-26)31-12-8-21-6-1-2-10-28-21/h1-3,5-7,10,19,36H,4,8-9,11-18,27H2,(H,29,37)(H3,30,31,32,33,34,35). The average Bonchev–Trinajstić information content (AvgIpc) is 2.95. The van der Waals surface area contributed by atoms with Crippen molar-refractivity contribution in [3.8, 4) is 0 Å². The molecule has 2 heterocycles. The molecule has 3 aromatic rings. The zero-order valence-corrected chi connectivity index (χ0v) is 21.9. The number of nitrogens with one attached hydrogen (secondary N) is 4. The molecule has 13 nitrogen and oxygen atoms in total. The second-order valence-corrected chi connectivity index (χ2v) is 8.28. The van der Waals surface area contributed by atoms with E-state index in [1.165, 1.54) is 0 Å². The number of aliphatic hydroxyl groups is 1. The number of nitrogens with two attached hydrogens (primary N) is 1. The van der Waals surface area contributed by atoms with Gasteiger partial charge in [0.1, 0.15) is 0 Å². The molecule has 0 unspecified atom stereocenters. The topological polar surface area (TPSA) is 181 Å². The van der Waals surface area contributed by atoms with E-state index in [4.69, 9.17) is 20.3 Å². The number of anilines is 4. The molecule has 0 aliphatic heterocycles. The number of nitrogens with zero attached hydrogens (tertiary/aromatic N) is 4. The van der Waals surface area contributed by atoms with Crippen LogP contribution in [-0.4, -0.2) is 90.2 Å². The maximum absolute atomic E-state index is 12.6. The summed E-state index contributed by atoms with van der Waals surface area (Å²) in [6.45, 7) is 3.78. The molecule has 1 aromatic carbocycles. The fourth-order valence-corrected chi connectivity index (χ4v) is 3.33. The highest BCUT2D eigenvalue weighted by molar-refractivity contribution is 5.95. The summed E-state index contributed by atoms with van der Waals surface area (Å²) in [6.07, 6.45) is 3.02. The van der Waals surface area contributed by atoms with Gasteiger partial charge >= 0.3 is 0 Å². The monoisotopic (exact) mass is 539 g/mol. The van der Waals surface area contributed by atoms with Gasteiger partial charge in [0.25, 0.3) is 5.91 Å². The van der Waals surface area contributed by atoms with E-state index in [0.29, 0.717) is 94.5 Å². The lowest BCUT2D eigenvalue weighted by molar-refractivity contribution is 0.0511. The Kier molecular flexibility index (Phi) is 13.4. The summed E-state index contributed by atoms with van der Waals surface area (Å²) in [7, 11) is 0. The van der Waals surface area contributed by atoms with E-state index in [1.54, 1.807) is 24.4 Å². The lowest BCUT2D eigenvalue weighted by Crippen LogP contribution is -2.27. The van der Waals surface area contributed by atoms with Gasteiger partial charge < -0.3 is 41.6 Å². The quantitative estimate of drug-likeness (QED) is 0.120. The first-order valence-electron chi connectivity index (χ1n) is 12.9.